The van der Waals surface area contributed by atoms with E-state index in [2.05, 4.69) is 20.9 Å². The van der Waals surface area contributed by atoms with Gasteiger partial charge in [0.25, 0.3) is 5.91 Å². The zero-order valence-electron chi connectivity index (χ0n) is 10.7. The first-order valence-corrected chi connectivity index (χ1v) is 7.35. The van der Waals surface area contributed by atoms with Crippen LogP contribution in [0.4, 0.5) is 5.69 Å². The van der Waals surface area contributed by atoms with E-state index in [0.717, 1.165) is 15.2 Å². The first-order chi connectivity index (χ1) is 8.95. The van der Waals surface area contributed by atoms with Crippen LogP contribution in [-0.2, 0) is 6.54 Å². The van der Waals surface area contributed by atoms with Gasteiger partial charge in [-0.1, -0.05) is 15.9 Å². The Morgan fingerprint density at radius 3 is 2.79 bits per heavy atom. The van der Waals surface area contributed by atoms with Crippen molar-refractivity contribution < 1.29 is 4.79 Å². The Morgan fingerprint density at radius 2 is 2.21 bits per heavy atom. The molecule has 6 heteroatoms. The van der Waals surface area contributed by atoms with E-state index in [1.165, 1.54) is 0 Å². The molecular weight excluding hydrogens is 326 g/mol. The molecule has 0 saturated carbocycles. The number of carbonyl (C=O) groups is 1. The van der Waals surface area contributed by atoms with Crippen molar-refractivity contribution in [2.75, 3.05) is 12.8 Å². The van der Waals surface area contributed by atoms with Gasteiger partial charge in [0.2, 0.25) is 0 Å². The number of aromatic nitrogens is 1. The lowest BCUT2D eigenvalue weighted by Crippen LogP contribution is -2.26. The van der Waals surface area contributed by atoms with E-state index < -0.39 is 0 Å². The highest BCUT2D eigenvalue weighted by molar-refractivity contribution is 9.10. The van der Waals surface area contributed by atoms with E-state index in [1.54, 1.807) is 41.5 Å². The Labute approximate surface area is 124 Å². The lowest BCUT2D eigenvalue weighted by atomic mass is 10.2. The molecule has 1 aromatic heterocycles. The van der Waals surface area contributed by atoms with Gasteiger partial charge in [-0.25, -0.2) is 4.98 Å². The second kappa shape index (κ2) is 5.71. The third-order valence-corrected chi connectivity index (χ3v) is 3.86. The van der Waals surface area contributed by atoms with Gasteiger partial charge in [0.05, 0.1) is 17.2 Å². The first-order valence-electron chi connectivity index (χ1n) is 5.68. The van der Waals surface area contributed by atoms with E-state index in [1.807, 2.05) is 12.3 Å². The molecule has 0 aliphatic heterocycles. The molecule has 1 amide bonds. The van der Waals surface area contributed by atoms with Gasteiger partial charge in [0, 0.05) is 28.2 Å². The Kier molecular flexibility index (Phi) is 4.21. The Bertz CT molecular complexity index is 591. The summed E-state index contributed by atoms with van der Waals surface area (Å²) in [5, 5.41) is 2.97. The van der Waals surface area contributed by atoms with E-state index in [4.69, 9.17) is 5.73 Å². The van der Waals surface area contributed by atoms with Crippen molar-refractivity contribution in [2.24, 2.45) is 0 Å². The van der Waals surface area contributed by atoms with Crippen molar-refractivity contribution in [3.8, 4) is 0 Å². The smallest absolute Gasteiger partial charge is 0.254 e. The number of hydrogen-bond donors (Lipinski definition) is 1. The summed E-state index contributed by atoms with van der Waals surface area (Å²) < 4.78 is 0.800. The molecule has 2 N–H and O–H groups in total. The van der Waals surface area contributed by atoms with Crippen LogP contribution in [0.3, 0.4) is 0 Å². The summed E-state index contributed by atoms with van der Waals surface area (Å²) in [4.78, 5) is 18.3. The fraction of sp³-hybridized carbons (Fsp3) is 0.231. The van der Waals surface area contributed by atoms with Crippen molar-refractivity contribution in [1.29, 1.82) is 0 Å². The molecule has 19 heavy (non-hydrogen) atoms. The number of nitrogens with zero attached hydrogens (tertiary/aromatic N) is 2. The number of anilines is 1. The average molecular weight is 340 g/mol. The van der Waals surface area contributed by atoms with Gasteiger partial charge in [0.15, 0.2) is 0 Å². The number of hydrogen-bond acceptors (Lipinski definition) is 4. The molecule has 2 aromatic rings. The molecule has 0 atom stereocenters. The average Bonchev–Trinajstić information content (AvgIpc) is 2.72. The number of carbonyl (C=O) groups excluding carboxylic acids is 1. The monoisotopic (exact) mass is 339 g/mol. The zero-order chi connectivity index (χ0) is 14.0. The third-order valence-electron chi connectivity index (χ3n) is 2.58. The molecule has 2 rings (SSSR count). The second-order valence-corrected chi connectivity index (χ2v) is 6.27. The fourth-order valence-corrected chi connectivity index (χ4v) is 2.87. The number of thiazole rings is 1. The molecule has 1 heterocycles. The SMILES string of the molecule is Cc1nc(CN(C)C(=O)c2cc(N)cc(Br)c2)cs1. The van der Waals surface area contributed by atoms with E-state index in [0.29, 0.717) is 17.8 Å². The molecule has 0 radical (unpaired) electrons. The summed E-state index contributed by atoms with van der Waals surface area (Å²) in [6, 6.07) is 5.21. The van der Waals surface area contributed by atoms with E-state index >= 15 is 0 Å². The van der Waals surface area contributed by atoms with Crippen LogP contribution in [0.2, 0.25) is 0 Å². The van der Waals surface area contributed by atoms with Crippen molar-refractivity contribution in [1.82, 2.24) is 9.88 Å². The van der Waals surface area contributed by atoms with Gasteiger partial charge in [-0.2, -0.15) is 0 Å². The van der Waals surface area contributed by atoms with Gasteiger partial charge in [0.1, 0.15) is 0 Å². The van der Waals surface area contributed by atoms with Crippen LogP contribution in [0.5, 0.6) is 0 Å². The number of rotatable bonds is 3. The Hall–Kier alpha value is -1.40. The first kappa shape index (κ1) is 14.0. The van der Waals surface area contributed by atoms with Gasteiger partial charge in [-0.05, 0) is 25.1 Å². The van der Waals surface area contributed by atoms with Crippen molar-refractivity contribution >= 4 is 38.9 Å². The number of benzene rings is 1. The van der Waals surface area contributed by atoms with Gasteiger partial charge >= 0.3 is 0 Å². The molecule has 100 valence electrons. The molecule has 0 aliphatic carbocycles. The minimum atomic E-state index is -0.0707. The van der Waals surface area contributed by atoms with Crippen LogP contribution in [0, 0.1) is 6.92 Å². The maximum absolute atomic E-state index is 12.3. The van der Waals surface area contributed by atoms with Gasteiger partial charge in [-0.3, -0.25) is 4.79 Å². The quantitative estimate of drug-likeness (QED) is 0.874. The van der Waals surface area contributed by atoms with Crippen LogP contribution < -0.4 is 5.73 Å². The molecule has 0 saturated heterocycles. The molecule has 1 aromatic carbocycles. The Morgan fingerprint density at radius 1 is 1.47 bits per heavy atom. The highest BCUT2D eigenvalue weighted by atomic mass is 79.9. The maximum Gasteiger partial charge on any atom is 0.254 e. The third kappa shape index (κ3) is 3.54. The summed E-state index contributed by atoms with van der Waals surface area (Å²) in [5.41, 5.74) is 7.78. The van der Waals surface area contributed by atoms with Crippen LogP contribution in [0.1, 0.15) is 21.1 Å². The van der Waals surface area contributed by atoms with Crippen molar-refractivity contribution in [2.45, 2.75) is 13.5 Å². The normalized spacial score (nSPS) is 10.5. The van der Waals surface area contributed by atoms with Crippen LogP contribution in [0.15, 0.2) is 28.1 Å². The van der Waals surface area contributed by atoms with Crippen molar-refractivity contribution in [3.63, 3.8) is 0 Å². The molecule has 4 nitrogen and oxygen atoms in total. The Balaban J connectivity index is 2.14. The summed E-state index contributed by atoms with van der Waals surface area (Å²) in [7, 11) is 1.76. The van der Waals surface area contributed by atoms with E-state index in [9.17, 15) is 4.79 Å². The molecule has 0 unspecified atom stereocenters. The number of aryl methyl sites for hydroxylation is 1. The summed E-state index contributed by atoms with van der Waals surface area (Å²) in [6.45, 7) is 2.45. The predicted octanol–water partition coefficient (Wildman–Crippen LogP) is 3.07. The molecule has 0 fully saturated rings. The lowest BCUT2D eigenvalue weighted by molar-refractivity contribution is 0.0783. The second-order valence-electron chi connectivity index (χ2n) is 4.29. The maximum atomic E-state index is 12.3. The molecular formula is C13H14BrN3OS. The minimum absolute atomic E-state index is 0.0707. The van der Waals surface area contributed by atoms with Gasteiger partial charge < -0.3 is 10.6 Å². The molecule has 0 bridgehead atoms. The zero-order valence-corrected chi connectivity index (χ0v) is 13.1. The predicted molar refractivity (Wildman–Crippen MR) is 81.2 cm³/mol. The summed E-state index contributed by atoms with van der Waals surface area (Å²) in [6.07, 6.45) is 0. The van der Waals surface area contributed by atoms with Crippen LogP contribution in [-0.4, -0.2) is 22.8 Å². The number of nitrogen functional groups attached to an aromatic ring is 1. The summed E-state index contributed by atoms with van der Waals surface area (Å²) in [5.74, 6) is -0.0707. The number of amides is 1. The minimum Gasteiger partial charge on any atom is -0.399 e. The molecule has 0 spiro atoms. The highest BCUT2D eigenvalue weighted by Gasteiger charge is 2.14. The van der Waals surface area contributed by atoms with Crippen molar-refractivity contribution in [3.05, 3.63) is 44.3 Å². The number of nitrogens with two attached hydrogens (primary N) is 1. The lowest BCUT2D eigenvalue weighted by Gasteiger charge is -2.16. The fourth-order valence-electron chi connectivity index (χ4n) is 1.75. The van der Waals surface area contributed by atoms with E-state index in [-0.39, 0.29) is 5.91 Å². The van der Waals surface area contributed by atoms with Gasteiger partial charge in [-0.15, -0.1) is 11.3 Å². The highest BCUT2D eigenvalue weighted by Crippen LogP contribution is 2.19. The van der Waals surface area contributed by atoms with Crippen LogP contribution >= 0.6 is 27.3 Å². The summed E-state index contributed by atoms with van der Waals surface area (Å²) >= 11 is 4.92. The largest absolute Gasteiger partial charge is 0.399 e. The van der Waals surface area contributed by atoms with Crippen LogP contribution in [0.25, 0.3) is 0 Å². The number of halogens is 1. The standard InChI is InChI=1S/C13H14BrN3OS/c1-8-16-12(7-19-8)6-17(2)13(18)9-3-10(14)5-11(15)4-9/h3-5,7H,6,15H2,1-2H3. The molecule has 0 aliphatic rings. The topological polar surface area (TPSA) is 59.2 Å².